The lowest BCUT2D eigenvalue weighted by Crippen LogP contribution is -2.22. The van der Waals surface area contributed by atoms with Crippen molar-refractivity contribution in [3.05, 3.63) is 12.2 Å². The number of unbranched alkanes of at least 4 members (excludes halogenated alkanes) is 3. The topological polar surface area (TPSA) is 57.5 Å². The zero-order valence-electron chi connectivity index (χ0n) is 17.0. The average Bonchev–Trinajstić information content (AvgIpc) is 3.13. The first kappa shape index (κ1) is 20.9. The van der Waals surface area contributed by atoms with E-state index < -0.39 is 5.97 Å². The first-order chi connectivity index (χ1) is 13.1. The molecule has 3 heteroatoms. The predicted molar refractivity (Wildman–Crippen MR) is 109 cm³/mol. The highest BCUT2D eigenvalue weighted by Crippen LogP contribution is 2.54. The van der Waals surface area contributed by atoms with Crippen LogP contribution in [0.1, 0.15) is 96.3 Å². The summed E-state index contributed by atoms with van der Waals surface area (Å²) in [4.78, 5) is 10.6. The number of aliphatic carboxylic acids is 1. The molecule has 2 bridgehead atoms. The molecule has 0 aromatic carbocycles. The first-order valence-corrected chi connectivity index (χ1v) is 11.7. The van der Waals surface area contributed by atoms with Gasteiger partial charge < -0.3 is 10.2 Å². The van der Waals surface area contributed by atoms with Gasteiger partial charge in [-0.2, -0.15) is 0 Å². The molecule has 0 amide bonds. The van der Waals surface area contributed by atoms with Gasteiger partial charge in [-0.3, -0.25) is 4.79 Å². The normalized spacial score (nSPS) is 32.8. The summed E-state index contributed by atoms with van der Waals surface area (Å²) in [5.41, 5.74) is 0. The van der Waals surface area contributed by atoms with Crippen LogP contribution in [0.25, 0.3) is 0 Å². The Morgan fingerprint density at radius 2 is 1.63 bits per heavy atom. The molecule has 2 N–H and O–H groups in total. The van der Waals surface area contributed by atoms with E-state index in [1.54, 1.807) is 0 Å². The number of carboxylic acids is 1. The van der Waals surface area contributed by atoms with Gasteiger partial charge >= 0.3 is 5.97 Å². The number of carboxylic acid groups (broad SMARTS) is 1. The van der Waals surface area contributed by atoms with Gasteiger partial charge in [0.25, 0.3) is 0 Å². The van der Waals surface area contributed by atoms with Crippen LogP contribution in [-0.4, -0.2) is 22.3 Å². The van der Waals surface area contributed by atoms with Gasteiger partial charge in [-0.1, -0.05) is 57.1 Å². The van der Waals surface area contributed by atoms with Gasteiger partial charge in [0.05, 0.1) is 6.10 Å². The zero-order valence-corrected chi connectivity index (χ0v) is 17.0. The van der Waals surface area contributed by atoms with E-state index in [1.165, 1.54) is 77.0 Å². The lowest BCUT2D eigenvalue weighted by molar-refractivity contribution is -0.137. The van der Waals surface area contributed by atoms with Crippen LogP contribution in [0.3, 0.4) is 0 Å². The number of hydrogen-bond donors (Lipinski definition) is 2. The number of hydrogen-bond acceptors (Lipinski definition) is 2. The second kappa shape index (κ2) is 10.6. The van der Waals surface area contributed by atoms with Gasteiger partial charge in [0, 0.05) is 6.42 Å². The van der Waals surface area contributed by atoms with Crippen molar-refractivity contribution in [2.75, 3.05) is 0 Å². The molecule has 0 spiro atoms. The summed E-state index contributed by atoms with van der Waals surface area (Å²) < 4.78 is 0. The van der Waals surface area contributed by atoms with Crippen molar-refractivity contribution in [2.24, 2.45) is 29.6 Å². The summed E-state index contributed by atoms with van der Waals surface area (Å²) >= 11 is 0. The Morgan fingerprint density at radius 1 is 0.926 bits per heavy atom. The third-order valence-electron chi connectivity index (χ3n) is 7.75. The molecule has 154 valence electrons. The molecule has 3 nitrogen and oxygen atoms in total. The molecule has 3 aliphatic rings. The molecule has 0 aliphatic heterocycles. The van der Waals surface area contributed by atoms with Crippen LogP contribution < -0.4 is 0 Å². The van der Waals surface area contributed by atoms with Crippen LogP contribution in [0, 0.1) is 29.6 Å². The number of fused-ring (bicyclic) bond motifs is 2. The maximum absolute atomic E-state index is 10.7. The molecular formula is C24H40O3. The molecule has 3 saturated carbocycles. The molecule has 5 unspecified atom stereocenters. The first-order valence-electron chi connectivity index (χ1n) is 11.7. The molecular weight excluding hydrogens is 336 g/mol. The fourth-order valence-electron chi connectivity index (χ4n) is 6.24. The summed E-state index contributed by atoms with van der Waals surface area (Å²) in [6.07, 6.45) is 22.1. The Kier molecular flexibility index (Phi) is 8.24. The fraction of sp³-hybridized carbons (Fsp3) is 0.875. The summed E-state index contributed by atoms with van der Waals surface area (Å²) in [5, 5.41) is 19.4. The van der Waals surface area contributed by atoms with Gasteiger partial charge in [0.1, 0.15) is 0 Å². The van der Waals surface area contributed by atoms with E-state index in [2.05, 4.69) is 12.2 Å². The molecule has 0 aromatic rings. The predicted octanol–water partition coefficient (Wildman–Crippen LogP) is 5.96. The molecule has 3 fully saturated rings. The third-order valence-corrected chi connectivity index (χ3v) is 7.75. The smallest absolute Gasteiger partial charge is 0.303 e. The van der Waals surface area contributed by atoms with Crippen molar-refractivity contribution in [1.29, 1.82) is 0 Å². The lowest BCUT2D eigenvalue weighted by atomic mass is 9.76. The second-order valence-corrected chi connectivity index (χ2v) is 9.55. The number of carbonyl (C=O) groups is 1. The van der Waals surface area contributed by atoms with E-state index >= 15 is 0 Å². The minimum atomic E-state index is -0.666. The summed E-state index contributed by atoms with van der Waals surface area (Å²) in [6, 6.07) is 0. The Labute approximate surface area is 165 Å². The molecule has 0 radical (unpaired) electrons. The minimum Gasteiger partial charge on any atom is -0.481 e. The van der Waals surface area contributed by atoms with E-state index in [-0.39, 0.29) is 6.10 Å². The lowest BCUT2D eigenvalue weighted by Gasteiger charge is -2.29. The van der Waals surface area contributed by atoms with E-state index in [9.17, 15) is 9.90 Å². The largest absolute Gasteiger partial charge is 0.481 e. The number of aliphatic hydroxyl groups excluding tert-OH is 1. The third kappa shape index (κ3) is 6.07. The second-order valence-electron chi connectivity index (χ2n) is 9.55. The number of rotatable bonds is 10. The van der Waals surface area contributed by atoms with Crippen LogP contribution in [-0.2, 0) is 4.79 Å². The maximum atomic E-state index is 10.7. The van der Waals surface area contributed by atoms with E-state index in [4.69, 9.17) is 5.11 Å². The van der Waals surface area contributed by atoms with Gasteiger partial charge in [-0.25, -0.2) is 0 Å². The fourth-order valence-corrected chi connectivity index (χ4v) is 6.24. The van der Waals surface area contributed by atoms with E-state index in [1.807, 2.05) is 0 Å². The SMILES string of the molecule is O=C(O)CCCCCCC1C2CCC(C2)C1C=CC(O)C1CCCCCC1. The standard InChI is InChI=1S/C24H40O3/c25-23(18-9-5-1-2-6-10-18)16-15-22-20-14-13-19(17-20)21(22)11-7-3-4-8-12-24(26)27/h15-16,18-23,25H,1-14,17H2,(H,26,27). The van der Waals surface area contributed by atoms with Crippen molar-refractivity contribution in [3.63, 3.8) is 0 Å². The average molecular weight is 377 g/mol. The van der Waals surface area contributed by atoms with Gasteiger partial charge in [0.2, 0.25) is 0 Å². The molecule has 5 atom stereocenters. The van der Waals surface area contributed by atoms with Crippen molar-refractivity contribution in [2.45, 2.75) is 102 Å². The van der Waals surface area contributed by atoms with Crippen LogP contribution in [0.2, 0.25) is 0 Å². The van der Waals surface area contributed by atoms with Gasteiger partial charge in [0.15, 0.2) is 0 Å². The highest BCUT2D eigenvalue weighted by atomic mass is 16.4. The van der Waals surface area contributed by atoms with Crippen molar-refractivity contribution in [3.8, 4) is 0 Å². The Bertz CT molecular complexity index is 478. The highest BCUT2D eigenvalue weighted by Gasteiger charge is 2.45. The maximum Gasteiger partial charge on any atom is 0.303 e. The highest BCUT2D eigenvalue weighted by molar-refractivity contribution is 5.66. The molecule has 27 heavy (non-hydrogen) atoms. The minimum absolute atomic E-state index is 0.237. The Balaban J connectivity index is 1.45. The zero-order chi connectivity index (χ0) is 19.1. The van der Waals surface area contributed by atoms with Gasteiger partial charge in [-0.05, 0) is 74.5 Å². The van der Waals surface area contributed by atoms with Crippen LogP contribution in [0.15, 0.2) is 12.2 Å². The molecule has 3 rings (SSSR count). The molecule has 3 aliphatic carbocycles. The molecule has 0 aromatic heterocycles. The van der Waals surface area contributed by atoms with Crippen LogP contribution >= 0.6 is 0 Å². The Hall–Kier alpha value is -0.830. The van der Waals surface area contributed by atoms with Crippen molar-refractivity contribution < 1.29 is 15.0 Å². The van der Waals surface area contributed by atoms with E-state index in [0.717, 1.165) is 30.6 Å². The summed E-state index contributed by atoms with van der Waals surface area (Å²) in [5.74, 6) is 3.06. The summed E-state index contributed by atoms with van der Waals surface area (Å²) in [6.45, 7) is 0. The number of aliphatic hydroxyl groups is 1. The van der Waals surface area contributed by atoms with Crippen molar-refractivity contribution >= 4 is 5.97 Å². The van der Waals surface area contributed by atoms with Crippen molar-refractivity contribution in [1.82, 2.24) is 0 Å². The van der Waals surface area contributed by atoms with E-state index in [0.29, 0.717) is 18.3 Å². The Morgan fingerprint density at radius 3 is 2.37 bits per heavy atom. The monoisotopic (exact) mass is 376 g/mol. The van der Waals surface area contributed by atoms with Crippen LogP contribution in [0.5, 0.6) is 0 Å². The number of allylic oxidation sites excluding steroid dienone is 1. The quantitative estimate of drug-likeness (QED) is 0.281. The van der Waals surface area contributed by atoms with Gasteiger partial charge in [-0.15, -0.1) is 0 Å². The molecule has 0 saturated heterocycles. The molecule has 0 heterocycles. The van der Waals surface area contributed by atoms with Crippen LogP contribution in [0.4, 0.5) is 0 Å². The summed E-state index contributed by atoms with van der Waals surface area (Å²) in [7, 11) is 0.